The smallest absolute Gasteiger partial charge is 0.245 e. The van der Waals surface area contributed by atoms with Gasteiger partial charge in [-0.3, -0.25) is 9.78 Å². The Morgan fingerprint density at radius 1 is 1.00 bits per heavy atom. The van der Waals surface area contributed by atoms with Gasteiger partial charge in [-0.25, -0.2) is 8.42 Å². The summed E-state index contributed by atoms with van der Waals surface area (Å²) in [5.74, 6) is 0.0678. The molecule has 0 N–H and O–H groups in total. The van der Waals surface area contributed by atoms with Crippen LogP contribution in [0, 0.1) is 6.92 Å². The summed E-state index contributed by atoms with van der Waals surface area (Å²) in [6, 6.07) is 17.1. The van der Waals surface area contributed by atoms with E-state index in [9.17, 15) is 13.2 Å². The molecule has 0 spiro atoms. The molecule has 1 aliphatic rings. The lowest BCUT2D eigenvalue weighted by Crippen LogP contribution is -2.50. The lowest BCUT2D eigenvalue weighted by Gasteiger charge is -2.34. The number of amides is 1. The number of rotatable bonds is 5. The van der Waals surface area contributed by atoms with Crippen molar-refractivity contribution in [3.8, 4) is 0 Å². The van der Waals surface area contributed by atoms with E-state index in [0.717, 1.165) is 16.5 Å². The Morgan fingerprint density at radius 2 is 1.73 bits per heavy atom. The number of sulfonamides is 1. The standard InChI is InChI=1S/C23H25N3O3S/c1-18-16-20-8-5-9-21(23(20)24-17-18)30(28,29)26-14-12-25(13-15-26)22(27)11-10-19-6-3-2-4-7-19/h2-9,16-17H,10-15H2,1H3. The molecule has 1 fully saturated rings. The molecule has 0 aliphatic carbocycles. The monoisotopic (exact) mass is 423 g/mol. The molecule has 156 valence electrons. The summed E-state index contributed by atoms with van der Waals surface area (Å²) in [5, 5.41) is 0.811. The molecular formula is C23H25N3O3S. The fourth-order valence-corrected chi connectivity index (χ4v) is 5.41. The number of nitrogens with zero attached hydrogens (tertiary/aromatic N) is 3. The molecule has 0 atom stereocenters. The minimum atomic E-state index is -3.67. The van der Waals surface area contributed by atoms with Crippen molar-refractivity contribution in [2.75, 3.05) is 26.2 Å². The maximum Gasteiger partial charge on any atom is 0.245 e. The Hall–Kier alpha value is -2.77. The zero-order valence-corrected chi connectivity index (χ0v) is 17.8. The van der Waals surface area contributed by atoms with Crippen LogP contribution in [0.3, 0.4) is 0 Å². The number of carbonyl (C=O) groups excluding carboxylic acids is 1. The molecule has 0 unspecified atom stereocenters. The Bertz CT molecular complexity index is 1150. The molecule has 1 saturated heterocycles. The quantitative estimate of drug-likeness (QED) is 0.633. The average molecular weight is 424 g/mol. The SMILES string of the molecule is Cc1cnc2c(S(=O)(=O)N3CCN(C(=O)CCc4ccccc4)CC3)cccc2c1. The molecular weight excluding hydrogens is 398 g/mol. The van der Waals surface area contributed by atoms with E-state index in [1.54, 1.807) is 23.2 Å². The molecule has 1 aliphatic heterocycles. The van der Waals surface area contributed by atoms with Crippen LogP contribution in [0.2, 0.25) is 0 Å². The number of aromatic nitrogens is 1. The molecule has 30 heavy (non-hydrogen) atoms. The average Bonchev–Trinajstić information content (AvgIpc) is 2.77. The van der Waals surface area contributed by atoms with Crippen molar-refractivity contribution < 1.29 is 13.2 Å². The van der Waals surface area contributed by atoms with Gasteiger partial charge in [-0.1, -0.05) is 42.5 Å². The van der Waals surface area contributed by atoms with Crippen LogP contribution >= 0.6 is 0 Å². The third kappa shape index (κ3) is 4.22. The molecule has 0 bridgehead atoms. The lowest BCUT2D eigenvalue weighted by molar-refractivity contribution is -0.132. The van der Waals surface area contributed by atoms with Gasteiger partial charge in [-0.05, 0) is 36.6 Å². The van der Waals surface area contributed by atoms with E-state index in [0.29, 0.717) is 44.5 Å². The van der Waals surface area contributed by atoms with Gasteiger partial charge < -0.3 is 4.90 Å². The number of fused-ring (bicyclic) bond motifs is 1. The second-order valence-corrected chi connectivity index (χ2v) is 9.52. The third-order valence-electron chi connectivity index (χ3n) is 5.49. The molecule has 3 aromatic rings. The van der Waals surface area contributed by atoms with Crippen LogP contribution in [-0.2, 0) is 21.2 Å². The number of pyridine rings is 1. The predicted octanol–water partition coefficient (Wildman–Crippen LogP) is 3.01. The number of benzene rings is 2. The molecule has 7 heteroatoms. The van der Waals surface area contributed by atoms with E-state index in [2.05, 4.69) is 4.98 Å². The maximum atomic E-state index is 13.3. The van der Waals surface area contributed by atoms with E-state index in [1.165, 1.54) is 4.31 Å². The van der Waals surface area contributed by atoms with Gasteiger partial charge in [0.1, 0.15) is 4.90 Å². The van der Waals surface area contributed by atoms with Gasteiger partial charge in [-0.15, -0.1) is 0 Å². The summed E-state index contributed by atoms with van der Waals surface area (Å²) in [7, 11) is -3.67. The highest BCUT2D eigenvalue weighted by Crippen LogP contribution is 2.25. The Morgan fingerprint density at radius 3 is 2.47 bits per heavy atom. The fraction of sp³-hybridized carbons (Fsp3) is 0.304. The molecule has 2 aromatic carbocycles. The highest BCUT2D eigenvalue weighted by Gasteiger charge is 2.31. The second kappa shape index (κ2) is 8.53. The fourth-order valence-electron chi connectivity index (χ4n) is 3.82. The number of para-hydroxylation sites is 1. The minimum Gasteiger partial charge on any atom is -0.340 e. The Labute approximate surface area is 177 Å². The van der Waals surface area contributed by atoms with Crippen LogP contribution in [0.15, 0.2) is 65.7 Å². The Kier molecular flexibility index (Phi) is 5.83. The maximum absolute atomic E-state index is 13.3. The zero-order chi connectivity index (χ0) is 21.1. The van der Waals surface area contributed by atoms with Crippen molar-refractivity contribution in [1.29, 1.82) is 0 Å². The van der Waals surface area contributed by atoms with Gasteiger partial charge in [0.15, 0.2) is 0 Å². The first-order chi connectivity index (χ1) is 14.4. The van der Waals surface area contributed by atoms with Crippen molar-refractivity contribution in [2.24, 2.45) is 0 Å². The number of aryl methyl sites for hydroxylation is 2. The number of hydrogen-bond donors (Lipinski definition) is 0. The zero-order valence-electron chi connectivity index (χ0n) is 17.0. The highest BCUT2D eigenvalue weighted by atomic mass is 32.2. The van der Waals surface area contributed by atoms with Crippen LogP contribution in [0.25, 0.3) is 10.9 Å². The molecule has 2 heterocycles. The lowest BCUT2D eigenvalue weighted by atomic mass is 10.1. The summed E-state index contributed by atoms with van der Waals surface area (Å²) >= 11 is 0. The largest absolute Gasteiger partial charge is 0.340 e. The van der Waals surface area contributed by atoms with Gasteiger partial charge in [0.2, 0.25) is 15.9 Å². The first-order valence-electron chi connectivity index (χ1n) is 10.1. The first-order valence-corrected chi connectivity index (χ1v) is 11.6. The van der Waals surface area contributed by atoms with Crippen LogP contribution < -0.4 is 0 Å². The van der Waals surface area contributed by atoms with Crippen molar-refractivity contribution in [3.63, 3.8) is 0 Å². The summed E-state index contributed by atoms with van der Waals surface area (Å²) in [5.41, 5.74) is 2.61. The number of carbonyl (C=O) groups is 1. The van der Waals surface area contributed by atoms with Gasteiger partial charge in [0, 0.05) is 44.2 Å². The first kappa shape index (κ1) is 20.5. The molecule has 0 saturated carbocycles. The van der Waals surface area contributed by atoms with Gasteiger partial charge >= 0.3 is 0 Å². The summed E-state index contributed by atoms with van der Waals surface area (Å²) in [6.45, 7) is 3.33. The summed E-state index contributed by atoms with van der Waals surface area (Å²) in [4.78, 5) is 18.9. The third-order valence-corrected chi connectivity index (χ3v) is 7.42. The molecule has 1 amide bonds. The molecule has 0 radical (unpaired) electrons. The molecule has 6 nitrogen and oxygen atoms in total. The molecule has 1 aromatic heterocycles. The van der Waals surface area contributed by atoms with Crippen LogP contribution in [-0.4, -0.2) is 54.7 Å². The van der Waals surface area contributed by atoms with Gasteiger partial charge in [0.05, 0.1) is 5.52 Å². The second-order valence-electron chi connectivity index (χ2n) is 7.61. The molecule has 4 rings (SSSR count). The van der Waals surface area contributed by atoms with Gasteiger partial charge in [0.25, 0.3) is 0 Å². The number of piperazine rings is 1. The van der Waals surface area contributed by atoms with E-state index < -0.39 is 10.0 Å². The van der Waals surface area contributed by atoms with Crippen LogP contribution in [0.1, 0.15) is 17.5 Å². The number of hydrogen-bond acceptors (Lipinski definition) is 4. The van der Waals surface area contributed by atoms with Crippen molar-refractivity contribution in [1.82, 2.24) is 14.2 Å². The van der Waals surface area contributed by atoms with Crippen molar-refractivity contribution >= 4 is 26.8 Å². The van der Waals surface area contributed by atoms with Crippen LogP contribution in [0.4, 0.5) is 0 Å². The van der Waals surface area contributed by atoms with E-state index in [1.807, 2.05) is 49.4 Å². The summed E-state index contributed by atoms with van der Waals surface area (Å²) in [6.07, 6.45) is 2.81. The Balaban J connectivity index is 1.43. The minimum absolute atomic E-state index is 0.0678. The topological polar surface area (TPSA) is 70.6 Å². The van der Waals surface area contributed by atoms with E-state index in [-0.39, 0.29) is 10.8 Å². The van der Waals surface area contributed by atoms with Gasteiger partial charge in [-0.2, -0.15) is 4.31 Å². The van der Waals surface area contributed by atoms with Crippen molar-refractivity contribution in [2.45, 2.75) is 24.7 Å². The van der Waals surface area contributed by atoms with Crippen LogP contribution in [0.5, 0.6) is 0 Å². The normalized spacial score (nSPS) is 15.4. The van der Waals surface area contributed by atoms with E-state index >= 15 is 0 Å². The highest BCUT2D eigenvalue weighted by molar-refractivity contribution is 7.89. The van der Waals surface area contributed by atoms with E-state index in [4.69, 9.17) is 0 Å². The van der Waals surface area contributed by atoms with Crippen molar-refractivity contribution in [3.05, 3.63) is 71.9 Å². The predicted molar refractivity (Wildman–Crippen MR) is 117 cm³/mol. The summed E-state index contributed by atoms with van der Waals surface area (Å²) < 4.78 is 28.0.